The van der Waals surface area contributed by atoms with Gasteiger partial charge in [0.1, 0.15) is 0 Å². The van der Waals surface area contributed by atoms with E-state index in [0.29, 0.717) is 6.04 Å². The van der Waals surface area contributed by atoms with Crippen molar-refractivity contribution < 1.29 is 0 Å². The maximum atomic E-state index is 9.51. The largest absolute Gasteiger partial charge is 0.382 e. The van der Waals surface area contributed by atoms with E-state index in [0.717, 1.165) is 29.1 Å². The van der Waals surface area contributed by atoms with Gasteiger partial charge in [-0.2, -0.15) is 5.26 Å². The van der Waals surface area contributed by atoms with Crippen LogP contribution in [-0.2, 0) is 5.41 Å². The Balaban J connectivity index is 1.68. The van der Waals surface area contributed by atoms with Gasteiger partial charge in [0.15, 0.2) is 0 Å². The molecule has 0 saturated heterocycles. The monoisotopic (exact) mass is 282 g/mol. The number of anilines is 1. The molecule has 1 fully saturated rings. The van der Waals surface area contributed by atoms with Crippen molar-refractivity contribution in [2.45, 2.75) is 24.3 Å². The van der Waals surface area contributed by atoms with Crippen molar-refractivity contribution in [3.8, 4) is 6.07 Å². The van der Waals surface area contributed by atoms with Crippen LogP contribution in [0.2, 0.25) is 5.02 Å². The molecular weight excluding hydrogens is 268 g/mol. The summed E-state index contributed by atoms with van der Waals surface area (Å²) >= 11 is 5.87. The quantitative estimate of drug-likeness (QED) is 0.907. The predicted molar refractivity (Wildman–Crippen MR) is 81.8 cm³/mol. The Morgan fingerprint density at radius 1 is 1.05 bits per heavy atom. The number of nitrogens with one attached hydrogen (secondary N) is 1. The smallest absolute Gasteiger partial charge is 0.0861 e. The first-order valence-electron chi connectivity index (χ1n) is 6.71. The SMILES string of the molecule is N#CC1(c2ccccc2)CC(Nc2ccc(Cl)cc2)C1. The average Bonchev–Trinajstić information content (AvgIpc) is 2.45. The minimum absolute atomic E-state index is 0.328. The van der Waals surface area contributed by atoms with Crippen molar-refractivity contribution in [3.63, 3.8) is 0 Å². The maximum absolute atomic E-state index is 9.51. The first-order chi connectivity index (χ1) is 9.72. The molecule has 0 spiro atoms. The third-order valence-corrected chi connectivity index (χ3v) is 4.20. The topological polar surface area (TPSA) is 35.8 Å². The second-order valence-corrected chi connectivity index (χ2v) is 5.75. The molecule has 2 nitrogen and oxygen atoms in total. The molecule has 20 heavy (non-hydrogen) atoms. The molecule has 1 aliphatic rings. The lowest BCUT2D eigenvalue weighted by Gasteiger charge is -2.43. The summed E-state index contributed by atoms with van der Waals surface area (Å²) in [6.07, 6.45) is 1.69. The summed E-state index contributed by atoms with van der Waals surface area (Å²) in [7, 11) is 0. The summed E-state index contributed by atoms with van der Waals surface area (Å²) in [5.74, 6) is 0. The van der Waals surface area contributed by atoms with Crippen molar-refractivity contribution in [1.82, 2.24) is 0 Å². The van der Waals surface area contributed by atoms with Gasteiger partial charge in [0.25, 0.3) is 0 Å². The first kappa shape index (κ1) is 13.0. The zero-order chi connectivity index (χ0) is 14.0. The van der Waals surface area contributed by atoms with Gasteiger partial charge in [-0.05, 0) is 42.7 Å². The van der Waals surface area contributed by atoms with E-state index in [4.69, 9.17) is 11.6 Å². The van der Waals surface area contributed by atoms with Crippen molar-refractivity contribution in [2.75, 3.05) is 5.32 Å². The molecule has 0 bridgehead atoms. The number of halogens is 1. The fourth-order valence-corrected chi connectivity index (χ4v) is 2.94. The Morgan fingerprint density at radius 3 is 2.30 bits per heavy atom. The average molecular weight is 283 g/mol. The molecule has 0 radical (unpaired) electrons. The normalized spacial score (nSPS) is 24.5. The van der Waals surface area contributed by atoms with Crippen LogP contribution in [0.25, 0.3) is 0 Å². The van der Waals surface area contributed by atoms with Crippen molar-refractivity contribution >= 4 is 17.3 Å². The number of hydrogen-bond donors (Lipinski definition) is 1. The van der Waals surface area contributed by atoms with Gasteiger partial charge in [-0.3, -0.25) is 0 Å². The molecule has 0 heterocycles. The van der Waals surface area contributed by atoms with Crippen molar-refractivity contribution in [3.05, 3.63) is 65.2 Å². The van der Waals surface area contributed by atoms with Gasteiger partial charge in [-0.25, -0.2) is 0 Å². The van der Waals surface area contributed by atoms with Gasteiger partial charge in [-0.1, -0.05) is 41.9 Å². The fraction of sp³-hybridized carbons (Fsp3) is 0.235. The zero-order valence-corrected chi connectivity index (χ0v) is 11.8. The summed E-state index contributed by atoms with van der Waals surface area (Å²) < 4.78 is 0. The molecule has 3 rings (SSSR count). The standard InChI is InChI=1S/C17H15ClN2/c18-14-6-8-15(9-7-14)20-16-10-17(11-16,12-19)13-4-2-1-3-5-13/h1-9,16,20H,10-11H2. The molecule has 0 aliphatic heterocycles. The highest BCUT2D eigenvalue weighted by Crippen LogP contribution is 2.44. The van der Waals surface area contributed by atoms with Crippen LogP contribution in [0.3, 0.4) is 0 Å². The molecule has 0 atom stereocenters. The summed E-state index contributed by atoms with van der Waals surface area (Å²) in [5, 5.41) is 13.7. The van der Waals surface area contributed by atoms with E-state index in [1.54, 1.807) is 0 Å². The van der Waals surface area contributed by atoms with E-state index in [9.17, 15) is 5.26 Å². The van der Waals surface area contributed by atoms with Crippen LogP contribution in [0.15, 0.2) is 54.6 Å². The highest BCUT2D eigenvalue weighted by atomic mass is 35.5. The summed E-state index contributed by atoms with van der Waals surface area (Å²) in [4.78, 5) is 0. The molecule has 1 saturated carbocycles. The van der Waals surface area contributed by atoms with Crippen molar-refractivity contribution in [1.29, 1.82) is 5.26 Å². The number of nitrogens with zero attached hydrogens (tertiary/aromatic N) is 1. The van der Waals surface area contributed by atoms with Crippen LogP contribution in [0, 0.1) is 11.3 Å². The van der Waals surface area contributed by atoms with E-state index in [1.165, 1.54) is 0 Å². The summed E-state index contributed by atoms with van der Waals surface area (Å²) in [6, 6.07) is 20.6. The Labute approximate surface area is 124 Å². The second-order valence-electron chi connectivity index (χ2n) is 5.32. The molecule has 3 heteroatoms. The Hall–Kier alpha value is -1.98. The molecule has 2 aromatic carbocycles. The molecule has 1 aliphatic carbocycles. The van der Waals surface area contributed by atoms with Crippen LogP contribution >= 0.6 is 11.6 Å². The van der Waals surface area contributed by atoms with Crippen LogP contribution in [0.1, 0.15) is 18.4 Å². The van der Waals surface area contributed by atoms with Gasteiger partial charge < -0.3 is 5.32 Å². The van der Waals surface area contributed by atoms with Crippen molar-refractivity contribution in [2.24, 2.45) is 0 Å². The predicted octanol–water partition coefficient (Wildman–Crippen LogP) is 4.38. The van der Waals surface area contributed by atoms with E-state index in [2.05, 4.69) is 11.4 Å². The lowest BCUT2D eigenvalue weighted by molar-refractivity contribution is 0.289. The molecule has 100 valence electrons. The molecule has 1 N–H and O–H groups in total. The lowest BCUT2D eigenvalue weighted by atomic mass is 9.62. The van der Waals surface area contributed by atoms with Crippen LogP contribution in [0.5, 0.6) is 0 Å². The number of nitriles is 1. The van der Waals surface area contributed by atoms with Gasteiger partial charge in [0.05, 0.1) is 11.5 Å². The number of hydrogen-bond acceptors (Lipinski definition) is 2. The third kappa shape index (κ3) is 2.37. The van der Waals surface area contributed by atoms with E-state index >= 15 is 0 Å². The summed E-state index contributed by atoms with van der Waals surface area (Å²) in [6.45, 7) is 0. The highest BCUT2D eigenvalue weighted by Gasteiger charge is 2.46. The summed E-state index contributed by atoms with van der Waals surface area (Å²) in [5.41, 5.74) is 1.85. The maximum Gasteiger partial charge on any atom is 0.0861 e. The van der Waals surface area contributed by atoms with Gasteiger partial charge in [0.2, 0.25) is 0 Å². The molecule has 0 aromatic heterocycles. The number of rotatable bonds is 3. The molecule has 2 aromatic rings. The van der Waals surface area contributed by atoms with E-state index < -0.39 is 0 Å². The minimum atomic E-state index is -0.328. The minimum Gasteiger partial charge on any atom is -0.382 e. The van der Waals surface area contributed by atoms with Gasteiger partial charge in [-0.15, -0.1) is 0 Å². The fourth-order valence-electron chi connectivity index (χ4n) is 2.81. The van der Waals surface area contributed by atoms with Crippen LogP contribution < -0.4 is 5.32 Å². The lowest BCUT2D eigenvalue weighted by Crippen LogP contribution is -2.47. The van der Waals surface area contributed by atoms with E-state index in [1.807, 2.05) is 54.6 Å². The Bertz CT molecular complexity index is 622. The number of benzene rings is 2. The van der Waals surface area contributed by atoms with Crippen LogP contribution in [0.4, 0.5) is 5.69 Å². The first-order valence-corrected chi connectivity index (χ1v) is 7.08. The van der Waals surface area contributed by atoms with E-state index in [-0.39, 0.29) is 5.41 Å². The zero-order valence-electron chi connectivity index (χ0n) is 11.0. The molecule has 0 unspecified atom stereocenters. The highest BCUT2D eigenvalue weighted by molar-refractivity contribution is 6.30. The van der Waals surface area contributed by atoms with Gasteiger partial charge >= 0.3 is 0 Å². The molecule has 0 amide bonds. The second kappa shape index (κ2) is 5.19. The Morgan fingerprint density at radius 2 is 1.70 bits per heavy atom. The third-order valence-electron chi connectivity index (χ3n) is 3.95. The Kier molecular flexibility index (Phi) is 3.38. The van der Waals surface area contributed by atoms with Crippen LogP contribution in [-0.4, -0.2) is 6.04 Å². The molecular formula is C17H15ClN2. The van der Waals surface area contributed by atoms with Gasteiger partial charge in [0, 0.05) is 16.8 Å².